The van der Waals surface area contributed by atoms with Crippen molar-refractivity contribution < 1.29 is 4.79 Å². The summed E-state index contributed by atoms with van der Waals surface area (Å²) < 4.78 is 0. The minimum absolute atomic E-state index is 0.0355. The first-order chi connectivity index (χ1) is 16.4. The van der Waals surface area contributed by atoms with Gasteiger partial charge in [-0.2, -0.15) is 4.98 Å². The topological polar surface area (TPSA) is 90.0 Å². The number of likely N-dealkylation sites (tertiary alicyclic amines) is 1. The van der Waals surface area contributed by atoms with Crippen LogP contribution in [0, 0.1) is 11.3 Å². The molecule has 2 aliphatic heterocycles. The van der Waals surface area contributed by atoms with E-state index in [0.29, 0.717) is 5.92 Å². The summed E-state index contributed by atoms with van der Waals surface area (Å²) in [4.78, 5) is 34.0. The third kappa shape index (κ3) is 4.68. The van der Waals surface area contributed by atoms with E-state index in [9.17, 15) is 4.79 Å². The van der Waals surface area contributed by atoms with E-state index in [1.54, 1.807) is 0 Å². The molecule has 2 aromatic rings. The fraction of sp³-hybridized carbons (Fsp3) is 0.615. The van der Waals surface area contributed by atoms with Crippen molar-refractivity contribution in [2.45, 2.75) is 64.8 Å². The van der Waals surface area contributed by atoms with Crippen LogP contribution in [-0.2, 0) is 24.1 Å². The summed E-state index contributed by atoms with van der Waals surface area (Å²) >= 11 is 0. The Hall–Kier alpha value is -2.90. The highest BCUT2D eigenvalue weighted by Gasteiger charge is 2.49. The molecule has 3 aliphatic rings. The zero-order valence-corrected chi connectivity index (χ0v) is 20.5. The molecule has 0 bridgehead atoms. The summed E-state index contributed by atoms with van der Waals surface area (Å²) in [5.74, 6) is 3.47. The first-order valence-electron chi connectivity index (χ1n) is 12.8. The minimum atomic E-state index is 0.0355. The number of anilines is 2. The van der Waals surface area contributed by atoms with E-state index in [-0.39, 0.29) is 17.4 Å². The number of aryl methyl sites for hydroxylation is 1. The first kappa shape index (κ1) is 22.9. The molecule has 0 saturated carbocycles. The number of amides is 1. The SMILES string of the molecule is C=CC(=O)N1CC2(CCN(c3nc4c(c(N[C@H](Cc5ncc[nH]5)CC(C)C)n3)CCCC4)C2)C1. The van der Waals surface area contributed by atoms with Crippen LogP contribution in [0.1, 0.15) is 56.6 Å². The van der Waals surface area contributed by atoms with Crippen LogP contribution in [0.3, 0.4) is 0 Å². The van der Waals surface area contributed by atoms with Crippen molar-refractivity contribution in [2.24, 2.45) is 11.3 Å². The lowest BCUT2D eigenvalue weighted by Gasteiger charge is -2.47. The average Bonchev–Trinajstić information content (AvgIpc) is 3.47. The van der Waals surface area contributed by atoms with Gasteiger partial charge in [-0.1, -0.05) is 20.4 Å². The van der Waals surface area contributed by atoms with E-state index in [1.165, 1.54) is 30.2 Å². The van der Waals surface area contributed by atoms with Gasteiger partial charge in [0, 0.05) is 62.0 Å². The highest BCUT2D eigenvalue weighted by molar-refractivity contribution is 5.87. The highest BCUT2D eigenvalue weighted by Crippen LogP contribution is 2.41. The van der Waals surface area contributed by atoms with E-state index >= 15 is 0 Å². The van der Waals surface area contributed by atoms with Crippen LogP contribution in [0.4, 0.5) is 11.8 Å². The van der Waals surface area contributed by atoms with Crippen LogP contribution >= 0.6 is 0 Å². The Morgan fingerprint density at radius 2 is 2.09 bits per heavy atom. The Labute approximate surface area is 202 Å². The summed E-state index contributed by atoms with van der Waals surface area (Å²) in [5.41, 5.74) is 2.67. The molecule has 1 spiro atoms. The van der Waals surface area contributed by atoms with E-state index in [1.807, 2.05) is 17.3 Å². The van der Waals surface area contributed by atoms with Gasteiger partial charge in [0.25, 0.3) is 0 Å². The van der Waals surface area contributed by atoms with Gasteiger partial charge in [-0.15, -0.1) is 0 Å². The Morgan fingerprint density at radius 1 is 1.26 bits per heavy atom. The maximum atomic E-state index is 11.9. The molecule has 1 aliphatic carbocycles. The highest BCUT2D eigenvalue weighted by atomic mass is 16.2. The summed E-state index contributed by atoms with van der Waals surface area (Å²) in [7, 11) is 0. The van der Waals surface area contributed by atoms with Crippen LogP contribution in [0.5, 0.6) is 0 Å². The fourth-order valence-corrected chi connectivity index (χ4v) is 5.85. The van der Waals surface area contributed by atoms with Crippen molar-refractivity contribution in [3.63, 3.8) is 0 Å². The number of aromatic nitrogens is 4. The number of hydrogen-bond donors (Lipinski definition) is 2. The summed E-state index contributed by atoms with van der Waals surface area (Å²) in [6, 6.07) is 0.259. The third-order valence-corrected chi connectivity index (χ3v) is 7.52. The van der Waals surface area contributed by atoms with Gasteiger partial charge in [-0.3, -0.25) is 4.79 Å². The van der Waals surface area contributed by atoms with Gasteiger partial charge in [0.05, 0.1) is 5.69 Å². The Kier molecular flexibility index (Phi) is 6.32. The van der Waals surface area contributed by atoms with Crippen molar-refractivity contribution in [2.75, 3.05) is 36.4 Å². The number of fused-ring (bicyclic) bond motifs is 1. The largest absolute Gasteiger partial charge is 0.366 e. The zero-order chi connectivity index (χ0) is 23.7. The maximum Gasteiger partial charge on any atom is 0.245 e. The molecule has 2 aromatic heterocycles. The lowest BCUT2D eigenvalue weighted by molar-refractivity contribution is -0.136. The minimum Gasteiger partial charge on any atom is -0.366 e. The number of hydrogen-bond acceptors (Lipinski definition) is 6. The monoisotopic (exact) mass is 463 g/mol. The molecular formula is C26H37N7O. The standard InChI is InChI=1S/C26H37N7O/c1-4-23(34)33-16-26(17-33)9-12-32(15-26)25-30-21-8-6-5-7-20(21)24(31-25)29-19(13-18(2)3)14-22-27-10-11-28-22/h4,10-11,18-19H,1,5-9,12-17H2,2-3H3,(H,27,28)(H,29,30,31)/t19-/m0/s1. The molecule has 5 rings (SSSR count). The van der Waals surface area contributed by atoms with Crippen LogP contribution in [0.15, 0.2) is 25.0 Å². The van der Waals surface area contributed by atoms with Crippen LogP contribution < -0.4 is 10.2 Å². The Morgan fingerprint density at radius 3 is 2.82 bits per heavy atom. The second kappa shape index (κ2) is 9.39. The van der Waals surface area contributed by atoms with Gasteiger partial charge in [0.15, 0.2) is 0 Å². The second-order valence-electron chi connectivity index (χ2n) is 10.8. The molecule has 1 atom stereocenters. The number of aromatic amines is 1. The number of H-pyrrole nitrogens is 1. The zero-order valence-electron chi connectivity index (χ0n) is 20.5. The van der Waals surface area contributed by atoms with Crippen molar-refractivity contribution in [3.8, 4) is 0 Å². The molecular weight excluding hydrogens is 426 g/mol. The average molecular weight is 464 g/mol. The van der Waals surface area contributed by atoms with Crippen molar-refractivity contribution >= 4 is 17.7 Å². The Bertz CT molecular complexity index is 1030. The van der Waals surface area contributed by atoms with Gasteiger partial charge in [-0.05, 0) is 50.5 Å². The Balaban J connectivity index is 1.36. The number of rotatable bonds is 8. The predicted octanol–water partition coefficient (Wildman–Crippen LogP) is 3.37. The number of carbonyl (C=O) groups excluding carboxylic acids is 1. The number of nitrogens with zero attached hydrogens (tertiary/aromatic N) is 5. The molecule has 8 heteroatoms. The van der Waals surface area contributed by atoms with Gasteiger partial charge in [0.1, 0.15) is 11.6 Å². The normalized spacial score (nSPS) is 19.7. The molecule has 34 heavy (non-hydrogen) atoms. The summed E-state index contributed by atoms with van der Waals surface area (Å²) in [6.45, 7) is 11.6. The molecule has 2 saturated heterocycles. The lowest BCUT2D eigenvalue weighted by Crippen LogP contribution is -2.59. The molecule has 0 aromatic carbocycles. The van der Waals surface area contributed by atoms with Gasteiger partial charge in [0.2, 0.25) is 11.9 Å². The molecule has 0 radical (unpaired) electrons. The lowest BCUT2D eigenvalue weighted by atomic mass is 9.79. The fourth-order valence-electron chi connectivity index (χ4n) is 5.85. The molecule has 182 valence electrons. The van der Waals surface area contributed by atoms with Gasteiger partial charge >= 0.3 is 0 Å². The van der Waals surface area contributed by atoms with E-state index in [0.717, 1.165) is 75.9 Å². The van der Waals surface area contributed by atoms with Crippen molar-refractivity contribution in [3.05, 3.63) is 42.1 Å². The quantitative estimate of drug-likeness (QED) is 0.584. The molecule has 4 heterocycles. The van der Waals surface area contributed by atoms with Crippen LogP contribution in [0.25, 0.3) is 0 Å². The van der Waals surface area contributed by atoms with Crippen LogP contribution in [-0.4, -0.2) is 63.0 Å². The van der Waals surface area contributed by atoms with Crippen molar-refractivity contribution in [1.29, 1.82) is 0 Å². The number of nitrogens with one attached hydrogen (secondary N) is 2. The maximum absolute atomic E-state index is 11.9. The predicted molar refractivity (Wildman–Crippen MR) is 134 cm³/mol. The molecule has 8 nitrogen and oxygen atoms in total. The first-order valence-corrected chi connectivity index (χ1v) is 12.8. The van der Waals surface area contributed by atoms with Crippen LogP contribution in [0.2, 0.25) is 0 Å². The van der Waals surface area contributed by atoms with E-state index in [2.05, 4.69) is 40.6 Å². The molecule has 1 amide bonds. The van der Waals surface area contributed by atoms with Gasteiger partial charge in [-0.25, -0.2) is 9.97 Å². The third-order valence-electron chi connectivity index (χ3n) is 7.52. The molecule has 2 N–H and O–H groups in total. The number of carbonyl (C=O) groups is 1. The van der Waals surface area contributed by atoms with E-state index in [4.69, 9.17) is 9.97 Å². The summed E-state index contributed by atoms with van der Waals surface area (Å²) in [5, 5.41) is 3.82. The second-order valence-corrected chi connectivity index (χ2v) is 10.8. The van der Waals surface area contributed by atoms with Crippen molar-refractivity contribution in [1.82, 2.24) is 24.8 Å². The number of imidazole rings is 1. The van der Waals surface area contributed by atoms with E-state index < -0.39 is 0 Å². The smallest absolute Gasteiger partial charge is 0.245 e. The van der Waals surface area contributed by atoms with Gasteiger partial charge < -0.3 is 20.1 Å². The molecule has 0 unspecified atom stereocenters. The summed E-state index contributed by atoms with van der Waals surface area (Å²) in [6.07, 6.45) is 12.5. The molecule has 2 fully saturated rings.